The third-order valence-corrected chi connectivity index (χ3v) is 2.78. The van der Waals surface area contributed by atoms with Crippen molar-refractivity contribution in [1.29, 1.82) is 0 Å². The number of halogens is 1. The molecule has 0 saturated carbocycles. The maximum absolute atomic E-state index is 9.52. The molecule has 0 aliphatic carbocycles. The van der Waals surface area contributed by atoms with Gasteiger partial charge >= 0.3 is 0 Å². The normalized spacial score (nSPS) is 43.0. The Morgan fingerprint density at radius 3 is 2.57 bits per heavy atom. The van der Waals surface area contributed by atoms with Gasteiger partial charge in [0.05, 0.1) is 18.8 Å². The highest BCUT2D eigenvalue weighted by atomic mass is 79.9. The second-order valence-corrected chi connectivity index (χ2v) is 3.79. The summed E-state index contributed by atoms with van der Waals surface area (Å²) in [5.41, 5.74) is 8.22. The van der Waals surface area contributed by atoms with Crippen LogP contribution in [0.1, 0.15) is 0 Å². The van der Waals surface area contributed by atoms with Gasteiger partial charge in [0, 0.05) is 4.91 Å². The van der Waals surface area contributed by atoms with Crippen LogP contribution in [0.2, 0.25) is 0 Å². The molecule has 2 unspecified atom stereocenters. The third-order valence-electron chi connectivity index (χ3n) is 2.02. The van der Waals surface area contributed by atoms with Crippen molar-refractivity contribution in [1.82, 2.24) is 0 Å². The molecule has 0 spiro atoms. The first-order valence-corrected chi connectivity index (χ1v) is 4.84. The maximum Gasteiger partial charge on any atom is 0.139 e. The summed E-state index contributed by atoms with van der Waals surface area (Å²) < 4.78 is 5.02. The van der Waals surface area contributed by atoms with Gasteiger partial charge in [0.2, 0.25) is 0 Å². The molecule has 0 aromatic heterocycles. The van der Waals surface area contributed by atoms with Crippen LogP contribution >= 0.6 is 15.9 Å². The predicted octanol–water partition coefficient (Wildman–Crippen LogP) is -0.501. The van der Waals surface area contributed by atoms with Crippen molar-refractivity contribution >= 4 is 15.9 Å². The van der Waals surface area contributed by atoms with Crippen molar-refractivity contribution in [2.75, 3.05) is 6.61 Å². The Bertz CT molecular complexity index is 247. The van der Waals surface area contributed by atoms with Crippen molar-refractivity contribution in [2.24, 2.45) is 5.11 Å². The zero-order valence-corrected chi connectivity index (χ0v) is 8.65. The molecule has 1 heterocycles. The number of hydrogen-bond acceptors (Lipinski definition) is 5. The lowest BCUT2D eigenvalue weighted by Crippen LogP contribution is -2.55. The second-order valence-electron chi connectivity index (χ2n) is 2.88. The standard InChI is InChI=1S/C6H10BrN3O4/c7-6-5(13)3(9-10-8)4(12)2(1-11)14-6/h2-6,11-13H,1H2/t2?,3-,4-,5?,6-/m0/s1. The monoisotopic (exact) mass is 267 g/mol. The minimum atomic E-state index is -1.21. The molecular formula is C6H10BrN3O4. The van der Waals surface area contributed by atoms with Crippen LogP contribution in [0.15, 0.2) is 5.11 Å². The molecule has 1 aliphatic rings. The minimum absolute atomic E-state index is 0.409. The fraction of sp³-hybridized carbons (Fsp3) is 1.00. The number of ether oxygens (including phenoxy) is 1. The molecule has 0 bridgehead atoms. The van der Waals surface area contributed by atoms with Gasteiger partial charge in [0.15, 0.2) is 0 Å². The van der Waals surface area contributed by atoms with E-state index in [4.69, 9.17) is 15.4 Å². The first-order valence-electron chi connectivity index (χ1n) is 3.92. The number of azide groups is 1. The Balaban J connectivity index is 2.82. The lowest BCUT2D eigenvalue weighted by molar-refractivity contribution is -0.157. The van der Waals surface area contributed by atoms with Gasteiger partial charge in [-0.2, -0.15) is 0 Å². The largest absolute Gasteiger partial charge is 0.394 e. The van der Waals surface area contributed by atoms with E-state index in [1.807, 2.05) is 0 Å². The molecule has 1 rings (SSSR count). The third kappa shape index (κ3) is 2.17. The van der Waals surface area contributed by atoms with Crippen LogP contribution in [0.25, 0.3) is 10.4 Å². The molecule has 0 radical (unpaired) electrons. The van der Waals surface area contributed by atoms with E-state index in [1.54, 1.807) is 0 Å². The average Bonchev–Trinajstić information content (AvgIpc) is 2.18. The van der Waals surface area contributed by atoms with E-state index < -0.39 is 36.0 Å². The highest BCUT2D eigenvalue weighted by Gasteiger charge is 2.42. The first kappa shape index (κ1) is 11.7. The van der Waals surface area contributed by atoms with E-state index in [1.165, 1.54) is 0 Å². The zero-order chi connectivity index (χ0) is 10.7. The lowest BCUT2D eigenvalue weighted by atomic mass is 9.98. The molecule has 1 fully saturated rings. The predicted molar refractivity (Wildman–Crippen MR) is 49.6 cm³/mol. The Morgan fingerprint density at radius 1 is 1.43 bits per heavy atom. The Hall–Kier alpha value is -0.370. The number of nitrogens with zero attached hydrogens (tertiary/aromatic N) is 3. The topological polar surface area (TPSA) is 119 Å². The molecule has 5 atom stereocenters. The zero-order valence-electron chi connectivity index (χ0n) is 7.06. The van der Waals surface area contributed by atoms with Crippen molar-refractivity contribution in [3.63, 3.8) is 0 Å². The van der Waals surface area contributed by atoms with Gasteiger partial charge in [-0.1, -0.05) is 21.0 Å². The van der Waals surface area contributed by atoms with Crippen molar-refractivity contribution in [2.45, 2.75) is 29.4 Å². The van der Waals surface area contributed by atoms with Crippen LogP contribution in [-0.4, -0.2) is 51.3 Å². The summed E-state index contributed by atoms with van der Waals surface area (Å²) in [6, 6.07) is -1.02. The van der Waals surface area contributed by atoms with Crippen LogP contribution in [0.5, 0.6) is 0 Å². The van der Waals surface area contributed by atoms with Crippen molar-refractivity contribution < 1.29 is 20.1 Å². The van der Waals surface area contributed by atoms with E-state index in [0.717, 1.165) is 0 Å². The van der Waals surface area contributed by atoms with Crippen LogP contribution in [-0.2, 0) is 4.74 Å². The molecule has 1 saturated heterocycles. The molecule has 0 aromatic rings. The Morgan fingerprint density at radius 2 is 2.07 bits per heavy atom. The first-order chi connectivity index (χ1) is 6.61. The van der Waals surface area contributed by atoms with Crippen LogP contribution in [0.3, 0.4) is 0 Å². The highest BCUT2D eigenvalue weighted by molar-refractivity contribution is 9.09. The molecule has 80 valence electrons. The number of alkyl halides is 1. The summed E-state index contributed by atoms with van der Waals surface area (Å²) in [5, 5.41) is 30.3. The van der Waals surface area contributed by atoms with E-state index in [-0.39, 0.29) is 0 Å². The molecule has 0 amide bonds. The second kappa shape index (κ2) is 4.92. The van der Waals surface area contributed by atoms with Crippen molar-refractivity contribution in [3.8, 4) is 0 Å². The minimum Gasteiger partial charge on any atom is -0.394 e. The van der Waals surface area contributed by atoms with Crippen LogP contribution in [0, 0.1) is 0 Å². The van der Waals surface area contributed by atoms with Gasteiger partial charge in [0.25, 0.3) is 0 Å². The summed E-state index contributed by atoms with van der Waals surface area (Å²) in [5.74, 6) is 0. The molecule has 0 aromatic carbocycles. The van der Waals surface area contributed by atoms with Gasteiger partial charge in [-0.25, -0.2) is 0 Å². The average molecular weight is 268 g/mol. The smallest absolute Gasteiger partial charge is 0.139 e. The summed E-state index contributed by atoms with van der Waals surface area (Å²) in [7, 11) is 0. The van der Waals surface area contributed by atoms with E-state index in [9.17, 15) is 10.2 Å². The molecule has 8 heteroatoms. The van der Waals surface area contributed by atoms with Crippen LogP contribution < -0.4 is 0 Å². The number of rotatable bonds is 2. The van der Waals surface area contributed by atoms with E-state index >= 15 is 0 Å². The number of hydrogen-bond donors (Lipinski definition) is 3. The van der Waals surface area contributed by atoms with Gasteiger partial charge in [-0.3, -0.25) is 0 Å². The summed E-state index contributed by atoms with van der Waals surface area (Å²) in [4.78, 5) is 2.51. The van der Waals surface area contributed by atoms with E-state index in [0.29, 0.717) is 0 Å². The SMILES string of the molecule is [N-]=[N+]=N[C@@H]1C(O)[C@@H](Br)OC(CO)[C@@H]1O. The Kier molecular flexibility index (Phi) is 4.11. The number of aliphatic hydroxyl groups is 3. The van der Waals surface area contributed by atoms with Gasteiger partial charge < -0.3 is 20.1 Å². The van der Waals surface area contributed by atoms with Crippen molar-refractivity contribution in [3.05, 3.63) is 10.4 Å². The van der Waals surface area contributed by atoms with Gasteiger partial charge in [0.1, 0.15) is 17.2 Å². The molecule has 14 heavy (non-hydrogen) atoms. The molecule has 7 nitrogen and oxygen atoms in total. The molecular weight excluding hydrogens is 258 g/mol. The van der Waals surface area contributed by atoms with E-state index in [2.05, 4.69) is 26.0 Å². The fourth-order valence-electron chi connectivity index (χ4n) is 1.25. The van der Waals surface area contributed by atoms with Gasteiger partial charge in [-0.05, 0) is 5.53 Å². The number of aliphatic hydroxyl groups excluding tert-OH is 3. The summed E-state index contributed by atoms with van der Waals surface area (Å²) in [6.07, 6.45) is -3.21. The maximum atomic E-state index is 9.52. The fourth-order valence-corrected chi connectivity index (χ4v) is 1.84. The molecule has 1 aliphatic heterocycles. The Labute approximate surface area is 88.1 Å². The summed E-state index contributed by atoms with van der Waals surface area (Å²) in [6.45, 7) is -0.409. The lowest BCUT2D eigenvalue weighted by Gasteiger charge is -2.38. The quantitative estimate of drug-likeness (QED) is 0.270. The highest BCUT2D eigenvalue weighted by Crippen LogP contribution is 2.26. The summed E-state index contributed by atoms with van der Waals surface area (Å²) >= 11 is 3.00. The molecule has 3 N–H and O–H groups in total. The van der Waals surface area contributed by atoms with Gasteiger partial charge in [-0.15, -0.1) is 0 Å². The van der Waals surface area contributed by atoms with Crippen LogP contribution in [0.4, 0.5) is 0 Å².